The smallest absolute Gasteiger partial charge is 0.378 e. The average Bonchev–Trinajstić information content (AvgIpc) is 1.43. The van der Waals surface area contributed by atoms with Gasteiger partial charge in [-0.15, -0.1) is 0 Å². The van der Waals surface area contributed by atoms with Crippen LogP contribution < -0.4 is 16.0 Å². The van der Waals surface area contributed by atoms with E-state index in [0.717, 1.165) is 29.4 Å². The molecular formula is C76H116F8N12O14. The minimum absolute atomic E-state index is 0.00740. The number of ether oxygens (including phenoxy) is 2. The van der Waals surface area contributed by atoms with Gasteiger partial charge in [0.05, 0.1) is 44.7 Å². The van der Waals surface area contributed by atoms with Crippen LogP contribution in [0.5, 0.6) is 0 Å². The molecule has 8 aliphatic rings. The summed E-state index contributed by atoms with van der Waals surface area (Å²) in [6.45, 7) is 6.95. The second-order valence-corrected chi connectivity index (χ2v) is 32.2. The highest BCUT2D eigenvalue weighted by Crippen LogP contribution is 2.46. The van der Waals surface area contributed by atoms with Gasteiger partial charge in [-0.3, -0.25) is 57.5 Å². The zero-order valence-corrected chi connectivity index (χ0v) is 65.6. The summed E-state index contributed by atoms with van der Waals surface area (Å²) >= 11 is 0. The lowest BCUT2D eigenvalue weighted by Gasteiger charge is -2.42. The molecule has 0 aromatic rings. The summed E-state index contributed by atoms with van der Waals surface area (Å²) < 4.78 is 127. The van der Waals surface area contributed by atoms with Crippen molar-refractivity contribution in [3.63, 3.8) is 0 Å². The standard InChI is InChI=1S/C76H116F8N12O14/c1-12-45(5)63-71(106)89(7)43-61(99)91(9)56-35-44(4)27-30-95(70(56)105)58(38-46-21-24-49(25-22-46)75(79,80)81)68(103)88(6)42-59(97)85-53(26-23-47-36-51(77)62(52(78)37-47)76(82,83)84)67(102)96-41-50(110-14-3)39-55(96)66(101)87-74(28-17-18-29-74)73(108)93(11)64(48-19-15-16-20-48)72(107)92(10)57(69(104)94-31-33-109-34-32-94)40-60(98)90(8)54(13-2)65(100)86-63/h27,45-58,62-64H,12-26,28-43H2,1-11H3,(H,85,97)(H,86,100)(H,87,101)/t45-,46?,47?,49?,50+,51?,52?,53-,54-,55-,56-,57-,58-,62?,63-,64-/m0/s1. The maximum absolute atomic E-state index is 15.8. The molecule has 2 unspecified atom stereocenters. The number of alkyl halides is 8. The summed E-state index contributed by atoms with van der Waals surface area (Å²) in [4.78, 5) is 193. The van der Waals surface area contributed by atoms with E-state index in [0.29, 0.717) is 50.5 Å². The quantitative estimate of drug-likeness (QED) is 0.152. The molecule has 0 aromatic carbocycles. The third-order valence-corrected chi connectivity index (χ3v) is 24.8. The number of carbonyl (C=O) groups excluding carboxylic acids is 12. The number of rotatable bonds is 12. The number of hydrogen-bond acceptors (Lipinski definition) is 14. The molecule has 3 N–H and O–H groups in total. The molecular weight excluding hydrogens is 1460 g/mol. The lowest BCUT2D eigenvalue weighted by Crippen LogP contribution is -2.65. The molecule has 12 amide bonds. The topological polar surface area (TPSA) is 289 Å². The number of morpholine rings is 1. The first-order valence-electron chi connectivity index (χ1n) is 39.4. The van der Waals surface area contributed by atoms with E-state index in [1.807, 2.05) is 0 Å². The molecule has 2 bridgehead atoms. The summed E-state index contributed by atoms with van der Waals surface area (Å²) in [5, 5.41) is 8.45. The molecule has 110 heavy (non-hydrogen) atoms. The van der Waals surface area contributed by atoms with Gasteiger partial charge in [0.1, 0.15) is 72.1 Å². The summed E-state index contributed by atoms with van der Waals surface area (Å²) in [7, 11) is 8.01. The first kappa shape index (κ1) is 88.3. The SMILES string of the molecule is CCO[C@@H]1C[C@H]2C(=O)NC3(CCCC3)C(=O)N(C)[C@@H](C3CCCC3)C(=O)N(C)[C@H](C(=O)N3CCOCC3)CC(=O)N(C)[C@@H](CC)C(=O)N[C@@H]([C@@H](C)CC)C(=O)N(C)CC(=O)N(C)[C@H]3CC(C)=CCN(C3=O)[C@@H](CC3CCC(C(F)(F)F)CC3)C(=O)N(C)CC(=O)N[C@@H](CCC3CC(F)C(C(F)(F)F)C(F)C3)C(=O)N2C1. The third kappa shape index (κ3) is 20.9. The van der Waals surface area contributed by atoms with Crippen molar-refractivity contribution in [1.29, 1.82) is 0 Å². The van der Waals surface area contributed by atoms with Crippen LogP contribution in [-0.2, 0) is 67.0 Å². The summed E-state index contributed by atoms with van der Waals surface area (Å²) in [5.74, 6) is -16.8. The summed E-state index contributed by atoms with van der Waals surface area (Å²) in [6, 6.07) is -11.4. The predicted molar refractivity (Wildman–Crippen MR) is 385 cm³/mol. The Labute approximate surface area is 639 Å². The molecule has 7 fully saturated rings. The van der Waals surface area contributed by atoms with Gasteiger partial charge in [0.2, 0.25) is 70.9 Å². The highest BCUT2D eigenvalue weighted by molar-refractivity contribution is 6.01. The third-order valence-electron chi connectivity index (χ3n) is 24.8. The van der Waals surface area contributed by atoms with Crippen molar-refractivity contribution in [3.05, 3.63) is 11.6 Å². The van der Waals surface area contributed by atoms with Crippen LogP contribution in [0.1, 0.15) is 176 Å². The van der Waals surface area contributed by atoms with Crippen LogP contribution in [0, 0.1) is 35.5 Å². The van der Waals surface area contributed by atoms with E-state index in [2.05, 4.69) is 16.0 Å². The van der Waals surface area contributed by atoms with Gasteiger partial charge in [-0.25, -0.2) is 8.78 Å². The van der Waals surface area contributed by atoms with Crippen LogP contribution in [-0.4, -0.2) is 301 Å². The predicted octanol–water partition coefficient (Wildman–Crippen LogP) is 5.88. The van der Waals surface area contributed by atoms with Crippen molar-refractivity contribution in [2.45, 2.75) is 261 Å². The van der Waals surface area contributed by atoms with Gasteiger partial charge in [-0.1, -0.05) is 64.5 Å². The summed E-state index contributed by atoms with van der Waals surface area (Å²) in [6.07, 6.45) is -14.8. The molecule has 8 rings (SSSR count). The highest BCUT2D eigenvalue weighted by atomic mass is 19.4. The molecule has 4 heterocycles. The number of nitrogens with one attached hydrogen (secondary N) is 3. The monoisotopic (exact) mass is 1570 g/mol. The Balaban J connectivity index is 1.21. The number of carbonyl (C=O) groups is 12. The first-order chi connectivity index (χ1) is 51.8. The summed E-state index contributed by atoms with van der Waals surface area (Å²) in [5.41, 5.74) is -1.15. The van der Waals surface area contributed by atoms with Gasteiger partial charge in [0.15, 0.2) is 0 Å². The van der Waals surface area contributed by atoms with Gasteiger partial charge >= 0.3 is 12.4 Å². The van der Waals surface area contributed by atoms with Gasteiger partial charge < -0.3 is 69.5 Å². The normalized spacial score (nSPS) is 32.2. The Bertz CT molecular complexity index is 3310. The van der Waals surface area contributed by atoms with E-state index in [4.69, 9.17) is 9.47 Å². The zero-order valence-electron chi connectivity index (χ0n) is 65.6. The van der Waals surface area contributed by atoms with Gasteiger partial charge in [0, 0.05) is 81.5 Å². The Morgan fingerprint density at radius 1 is 0.636 bits per heavy atom. The van der Waals surface area contributed by atoms with Crippen molar-refractivity contribution >= 4 is 70.9 Å². The van der Waals surface area contributed by atoms with Crippen LogP contribution in [0.15, 0.2) is 11.6 Å². The van der Waals surface area contributed by atoms with Crippen LogP contribution in [0.2, 0.25) is 0 Å². The van der Waals surface area contributed by atoms with Crippen LogP contribution in [0.3, 0.4) is 0 Å². The lowest BCUT2D eigenvalue weighted by molar-refractivity contribution is -0.219. The molecule has 4 saturated carbocycles. The van der Waals surface area contributed by atoms with E-state index >= 15 is 42.3 Å². The molecule has 0 radical (unpaired) electrons. The van der Waals surface area contributed by atoms with E-state index in [9.17, 15) is 50.3 Å². The van der Waals surface area contributed by atoms with Crippen molar-refractivity contribution in [3.8, 4) is 0 Å². The largest absolute Gasteiger partial charge is 0.397 e. The fourth-order valence-corrected chi connectivity index (χ4v) is 17.9. The Kier molecular flexibility index (Phi) is 30.5. The Morgan fingerprint density at radius 3 is 1.84 bits per heavy atom. The van der Waals surface area contributed by atoms with Crippen LogP contribution in [0.25, 0.3) is 0 Å². The minimum atomic E-state index is -5.22. The molecule has 12 atom stereocenters. The Hall–Kier alpha value is -7.26. The average molecular weight is 1570 g/mol. The fraction of sp³-hybridized carbons (Fsp3) is 0.816. The maximum Gasteiger partial charge on any atom is 0.397 e. The van der Waals surface area contributed by atoms with Crippen LogP contribution >= 0.6 is 0 Å². The van der Waals surface area contributed by atoms with Gasteiger partial charge in [-0.2, -0.15) is 26.3 Å². The van der Waals surface area contributed by atoms with Crippen molar-refractivity contribution in [2.24, 2.45) is 35.5 Å². The van der Waals surface area contributed by atoms with E-state index in [1.165, 1.54) is 57.0 Å². The van der Waals surface area contributed by atoms with E-state index < -0.39 is 230 Å². The molecule has 4 aliphatic heterocycles. The molecule has 0 aromatic heterocycles. The van der Waals surface area contributed by atoms with Crippen molar-refractivity contribution in [2.75, 3.05) is 101 Å². The van der Waals surface area contributed by atoms with E-state index in [1.54, 1.807) is 40.7 Å². The lowest BCUT2D eigenvalue weighted by atomic mass is 9.76. The number of hydrogen-bond donors (Lipinski definition) is 3. The molecule has 620 valence electrons. The minimum Gasteiger partial charge on any atom is -0.378 e. The van der Waals surface area contributed by atoms with Crippen molar-refractivity contribution < 1.29 is 102 Å². The second kappa shape index (κ2) is 38.0. The van der Waals surface area contributed by atoms with Gasteiger partial charge in [-0.05, 0) is 134 Å². The molecule has 34 heteroatoms. The van der Waals surface area contributed by atoms with Gasteiger partial charge in [0.25, 0.3) is 0 Å². The second-order valence-electron chi connectivity index (χ2n) is 32.2. The first-order valence-corrected chi connectivity index (χ1v) is 39.4. The molecule has 26 nitrogen and oxygen atoms in total. The molecule has 3 saturated heterocycles. The fourth-order valence-electron chi connectivity index (χ4n) is 17.9. The number of nitrogens with zero attached hydrogens (tertiary/aromatic N) is 9. The number of likely N-dealkylation sites (N-methyl/N-ethyl adjacent to an activating group) is 6. The molecule has 4 aliphatic carbocycles. The number of fused-ring (bicyclic) bond motifs is 3. The maximum atomic E-state index is 15.8. The zero-order chi connectivity index (χ0) is 81.2. The number of halogens is 8. The highest BCUT2D eigenvalue weighted by Gasteiger charge is 2.56. The molecule has 1 spiro atoms. The van der Waals surface area contributed by atoms with Crippen molar-refractivity contribution in [1.82, 2.24) is 60.0 Å². The number of amides is 12. The Morgan fingerprint density at radius 2 is 1.25 bits per heavy atom. The van der Waals surface area contributed by atoms with Crippen LogP contribution in [0.4, 0.5) is 35.1 Å². The van der Waals surface area contributed by atoms with E-state index in [-0.39, 0.29) is 117 Å².